The predicted molar refractivity (Wildman–Crippen MR) is 116 cm³/mol. The number of ether oxygens (including phenoxy) is 3. The molecule has 0 aliphatic carbocycles. The number of pyridine rings is 1. The van der Waals surface area contributed by atoms with E-state index in [2.05, 4.69) is 25.0 Å². The summed E-state index contributed by atoms with van der Waals surface area (Å²) in [6.07, 6.45) is -3.44. The molecule has 186 valence electrons. The van der Waals surface area contributed by atoms with Crippen molar-refractivity contribution >= 4 is 17.5 Å². The Kier molecular flexibility index (Phi) is 7.15. The first kappa shape index (κ1) is 24.4. The van der Waals surface area contributed by atoms with Crippen molar-refractivity contribution in [3.8, 4) is 22.8 Å². The molecule has 1 aromatic carbocycles. The van der Waals surface area contributed by atoms with Gasteiger partial charge in [-0.2, -0.15) is 26.9 Å². The highest BCUT2D eigenvalue weighted by Crippen LogP contribution is 2.32. The van der Waals surface area contributed by atoms with Crippen LogP contribution in [0.1, 0.15) is 0 Å². The maximum absolute atomic E-state index is 13.1. The molecule has 1 aliphatic heterocycles. The fourth-order valence-electron chi connectivity index (χ4n) is 3.43. The zero-order valence-corrected chi connectivity index (χ0v) is 18.3. The van der Waals surface area contributed by atoms with Gasteiger partial charge in [-0.25, -0.2) is 9.97 Å². The summed E-state index contributed by atoms with van der Waals surface area (Å²) >= 11 is 0. The molecule has 1 aliphatic rings. The van der Waals surface area contributed by atoms with E-state index in [0.29, 0.717) is 22.6 Å². The SMILES string of the molecule is COc1ncc(-c2ccc(OC(F)F)cc2)cc1Nc1ccnc(N2CCOC(C(F)(F)F)C2)n1. The second-order valence-electron chi connectivity index (χ2n) is 7.40. The summed E-state index contributed by atoms with van der Waals surface area (Å²) in [5.74, 6) is 0.691. The Morgan fingerprint density at radius 1 is 1.11 bits per heavy atom. The molecule has 3 aromatic rings. The first-order valence-electron chi connectivity index (χ1n) is 10.4. The van der Waals surface area contributed by atoms with Gasteiger partial charge in [0.1, 0.15) is 17.3 Å². The van der Waals surface area contributed by atoms with Crippen LogP contribution in [0.3, 0.4) is 0 Å². The number of nitrogens with one attached hydrogen (secondary N) is 1. The van der Waals surface area contributed by atoms with E-state index in [9.17, 15) is 22.0 Å². The summed E-state index contributed by atoms with van der Waals surface area (Å²) in [7, 11) is 1.43. The largest absolute Gasteiger partial charge is 0.480 e. The summed E-state index contributed by atoms with van der Waals surface area (Å²) in [5, 5.41) is 3.05. The van der Waals surface area contributed by atoms with Crippen LogP contribution < -0.4 is 19.7 Å². The average Bonchev–Trinajstić information content (AvgIpc) is 2.84. The molecule has 8 nitrogen and oxygen atoms in total. The number of nitrogens with zero attached hydrogens (tertiary/aromatic N) is 4. The smallest absolute Gasteiger partial charge is 0.416 e. The highest BCUT2D eigenvalue weighted by atomic mass is 19.4. The minimum atomic E-state index is -4.49. The van der Waals surface area contributed by atoms with Gasteiger partial charge in [0.25, 0.3) is 0 Å². The third kappa shape index (κ3) is 6.04. The molecule has 1 saturated heterocycles. The maximum atomic E-state index is 13.1. The van der Waals surface area contributed by atoms with E-state index >= 15 is 0 Å². The molecular weight excluding hydrogens is 477 g/mol. The minimum absolute atomic E-state index is 0.0213. The van der Waals surface area contributed by atoms with Crippen LogP contribution in [0, 0.1) is 0 Å². The van der Waals surface area contributed by atoms with Crippen LogP contribution in [0.15, 0.2) is 48.8 Å². The lowest BCUT2D eigenvalue weighted by Gasteiger charge is -2.33. The summed E-state index contributed by atoms with van der Waals surface area (Å²) in [6, 6.07) is 9.28. The molecule has 0 radical (unpaired) electrons. The first-order chi connectivity index (χ1) is 16.7. The van der Waals surface area contributed by atoms with Gasteiger partial charge in [-0.05, 0) is 29.8 Å². The molecule has 35 heavy (non-hydrogen) atoms. The Bertz CT molecular complexity index is 1150. The van der Waals surface area contributed by atoms with Gasteiger partial charge in [0.05, 0.1) is 20.3 Å². The minimum Gasteiger partial charge on any atom is -0.480 e. The Morgan fingerprint density at radius 2 is 1.89 bits per heavy atom. The molecule has 4 rings (SSSR count). The highest BCUT2D eigenvalue weighted by Gasteiger charge is 2.43. The number of hydrogen-bond donors (Lipinski definition) is 1. The molecule has 3 heterocycles. The highest BCUT2D eigenvalue weighted by molar-refractivity contribution is 5.72. The third-order valence-electron chi connectivity index (χ3n) is 5.08. The average molecular weight is 497 g/mol. The van der Waals surface area contributed by atoms with Gasteiger partial charge >= 0.3 is 12.8 Å². The summed E-state index contributed by atoms with van der Waals surface area (Å²) in [4.78, 5) is 14.1. The quantitative estimate of drug-likeness (QED) is 0.472. The lowest BCUT2D eigenvalue weighted by molar-refractivity contribution is -0.221. The second-order valence-corrected chi connectivity index (χ2v) is 7.40. The normalized spacial score (nSPS) is 16.3. The second kappa shape index (κ2) is 10.3. The molecule has 1 atom stereocenters. The van der Waals surface area contributed by atoms with Gasteiger partial charge in [-0.1, -0.05) is 12.1 Å². The molecule has 1 N–H and O–H groups in total. The molecule has 0 saturated carbocycles. The van der Waals surface area contributed by atoms with Crippen LogP contribution in [0.5, 0.6) is 11.6 Å². The fraction of sp³-hybridized carbons (Fsp3) is 0.318. The van der Waals surface area contributed by atoms with Crippen molar-refractivity contribution in [2.75, 3.05) is 37.0 Å². The molecule has 2 aromatic heterocycles. The Morgan fingerprint density at radius 3 is 2.57 bits per heavy atom. The number of hydrogen-bond acceptors (Lipinski definition) is 8. The van der Waals surface area contributed by atoms with Crippen LogP contribution in [-0.4, -0.2) is 60.6 Å². The Hall–Kier alpha value is -3.74. The lowest BCUT2D eigenvalue weighted by atomic mass is 10.1. The van der Waals surface area contributed by atoms with Crippen molar-refractivity contribution in [1.29, 1.82) is 0 Å². The van der Waals surface area contributed by atoms with Gasteiger partial charge in [-0.3, -0.25) is 0 Å². The number of morpholine rings is 1. The van der Waals surface area contributed by atoms with E-state index in [-0.39, 0.29) is 30.7 Å². The van der Waals surface area contributed by atoms with Crippen molar-refractivity contribution in [2.45, 2.75) is 18.9 Å². The number of alkyl halides is 5. The zero-order valence-electron chi connectivity index (χ0n) is 18.3. The van der Waals surface area contributed by atoms with Gasteiger partial charge < -0.3 is 24.4 Å². The predicted octanol–water partition coefficient (Wildman–Crippen LogP) is 4.66. The van der Waals surface area contributed by atoms with Crippen molar-refractivity contribution in [1.82, 2.24) is 15.0 Å². The van der Waals surface area contributed by atoms with Crippen molar-refractivity contribution in [3.63, 3.8) is 0 Å². The van der Waals surface area contributed by atoms with Gasteiger partial charge in [0, 0.05) is 24.5 Å². The van der Waals surface area contributed by atoms with Crippen molar-refractivity contribution < 1.29 is 36.2 Å². The third-order valence-corrected chi connectivity index (χ3v) is 5.08. The number of aromatic nitrogens is 3. The molecule has 0 amide bonds. The number of benzene rings is 1. The van der Waals surface area contributed by atoms with Crippen molar-refractivity contribution in [3.05, 3.63) is 48.8 Å². The number of rotatable bonds is 7. The Balaban J connectivity index is 1.55. The van der Waals surface area contributed by atoms with Crippen molar-refractivity contribution in [2.24, 2.45) is 0 Å². The fourth-order valence-corrected chi connectivity index (χ4v) is 3.43. The summed E-state index contributed by atoms with van der Waals surface area (Å²) < 4.78 is 78.5. The molecule has 0 bridgehead atoms. The Labute approximate surface area is 196 Å². The van der Waals surface area contributed by atoms with E-state index in [1.807, 2.05) is 0 Å². The van der Waals surface area contributed by atoms with Crippen LogP contribution in [0.2, 0.25) is 0 Å². The van der Waals surface area contributed by atoms with Gasteiger partial charge in [0.2, 0.25) is 11.8 Å². The maximum Gasteiger partial charge on any atom is 0.416 e. The monoisotopic (exact) mass is 497 g/mol. The molecule has 13 heteroatoms. The zero-order chi connectivity index (χ0) is 25.0. The molecule has 1 unspecified atom stereocenters. The van der Waals surface area contributed by atoms with Gasteiger partial charge in [0.15, 0.2) is 6.10 Å². The van der Waals surface area contributed by atoms with Crippen LogP contribution in [0.4, 0.5) is 39.4 Å². The van der Waals surface area contributed by atoms with Gasteiger partial charge in [-0.15, -0.1) is 0 Å². The number of methoxy groups -OCH3 is 1. The number of halogens is 5. The molecule has 0 spiro atoms. The van der Waals surface area contributed by atoms with E-state index in [0.717, 1.165) is 0 Å². The van der Waals surface area contributed by atoms with Crippen LogP contribution in [0.25, 0.3) is 11.1 Å². The topological polar surface area (TPSA) is 81.6 Å². The van der Waals surface area contributed by atoms with E-state index in [1.54, 1.807) is 30.5 Å². The lowest BCUT2D eigenvalue weighted by Crippen LogP contribution is -2.49. The van der Waals surface area contributed by atoms with Crippen LogP contribution in [-0.2, 0) is 4.74 Å². The first-order valence-corrected chi connectivity index (χ1v) is 10.4. The number of anilines is 3. The molecule has 1 fully saturated rings. The van der Waals surface area contributed by atoms with Crippen LogP contribution >= 0.6 is 0 Å². The van der Waals surface area contributed by atoms with E-state index < -0.39 is 25.4 Å². The molecular formula is C22H20F5N5O3. The van der Waals surface area contributed by atoms with E-state index in [4.69, 9.17) is 9.47 Å². The van der Waals surface area contributed by atoms with E-state index in [1.165, 1.54) is 30.3 Å². The summed E-state index contributed by atoms with van der Waals surface area (Å²) in [6.45, 7) is -3.24. The standard InChI is InChI=1S/C22H20F5N5O3/c1-33-19-16(10-14(11-29-19)13-2-4-15(5-3-13)35-20(23)24)30-18-6-7-28-21(31-18)32-8-9-34-17(12-32)22(25,26)27/h2-7,10-11,17,20H,8-9,12H2,1H3,(H,28,30,31). The summed E-state index contributed by atoms with van der Waals surface area (Å²) in [5.41, 5.74) is 1.75.